The summed E-state index contributed by atoms with van der Waals surface area (Å²) in [6, 6.07) is 6.22. The lowest BCUT2D eigenvalue weighted by atomic mass is 10.2. The Hall–Kier alpha value is -1.63. The summed E-state index contributed by atoms with van der Waals surface area (Å²) in [6.45, 7) is 6.23. The third-order valence-electron chi connectivity index (χ3n) is 3.96. The fraction of sp³-hybridized carbons (Fsp3) is 0.438. The van der Waals surface area contributed by atoms with Crippen molar-refractivity contribution in [2.45, 2.75) is 13.0 Å². The van der Waals surface area contributed by atoms with Crippen LogP contribution in [0.15, 0.2) is 36.0 Å². The molecule has 1 atom stereocenters. The Bertz CT molecular complexity index is 603. The van der Waals surface area contributed by atoms with E-state index in [4.69, 9.17) is 4.74 Å². The van der Waals surface area contributed by atoms with Gasteiger partial charge in [-0.15, -0.1) is 11.3 Å². The van der Waals surface area contributed by atoms with Gasteiger partial charge in [-0.3, -0.25) is 9.69 Å². The molecule has 1 fully saturated rings. The minimum atomic E-state index is -0.00110. The van der Waals surface area contributed by atoms with Crippen LogP contribution < -0.4 is 5.32 Å². The molecule has 0 radical (unpaired) electrons. The molecule has 1 aliphatic rings. The molecule has 0 aromatic carbocycles. The van der Waals surface area contributed by atoms with E-state index in [1.807, 2.05) is 40.5 Å². The highest BCUT2D eigenvalue weighted by Crippen LogP contribution is 2.21. The van der Waals surface area contributed by atoms with Crippen molar-refractivity contribution < 1.29 is 9.53 Å². The van der Waals surface area contributed by atoms with Crippen LogP contribution in [0.1, 0.15) is 16.6 Å². The molecule has 118 valence electrons. The van der Waals surface area contributed by atoms with Gasteiger partial charge in [0.1, 0.15) is 4.88 Å². The molecule has 0 saturated carbocycles. The van der Waals surface area contributed by atoms with Gasteiger partial charge in [-0.2, -0.15) is 0 Å². The maximum atomic E-state index is 12.5. The molecule has 0 aliphatic carbocycles. The number of morpholine rings is 1. The Labute approximate surface area is 134 Å². The van der Waals surface area contributed by atoms with E-state index < -0.39 is 0 Å². The number of carbonyl (C=O) groups excluding carboxylic acids is 1. The summed E-state index contributed by atoms with van der Waals surface area (Å²) in [5, 5.41) is 5.01. The molecule has 2 aromatic heterocycles. The van der Waals surface area contributed by atoms with Gasteiger partial charge in [-0.05, 0) is 30.5 Å². The van der Waals surface area contributed by atoms with Crippen molar-refractivity contribution in [3.05, 3.63) is 40.8 Å². The fourth-order valence-corrected chi connectivity index (χ4v) is 3.45. The van der Waals surface area contributed by atoms with Crippen LogP contribution in [0.5, 0.6) is 0 Å². The quantitative estimate of drug-likeness (QED) is 0.917. The minimum Gasteiger partial charge on any atom is -0.379 e. The number of carbonyl (C=O) groups is 1. The van der Waals surface area contributed by atoms with Gasteiger partial charge in [0.2, 0.25) is 0 Å². The van der Waals surface area contributed by atoms with Crippen molar-refractivity contribution in [1.82, 2.24) is 14.8 Å². The monoisotopic (exact) mass is 319 g/mol. The van der Waals surface area contributed by atoms with Crippen molar-refractivity contribution in [2.75, 3.05) is 32.8 Å². The average molecular weight is 319 g/mol. The molecule has 0 bridgehead atoms. The highest BCUT2D eigenvalue weighted by Gasteiger charge is 2.19. The third kappa shape index (κ3) is 3.40. The van der Waals surface area contributed by atoms with Gasteiger partial charge in [0, 0.05) is 38.1 Å². The van der Waals surface area contributed by atoms with Crippen LogP contribution in [0, 0.1) is 0 Å². The number of nitrogens with zero attached hydrogens (tertiary/aromatic N) is 2. The van der Waals surface area contributed by atoms with Crippen molar-refractivity contribution in [1.29, 1.82) is 0 Å². The summed E-state index contributed by atoms with van der Waals surface area (Å²) in [4.78, 5) is 15.6. The van der Waals surface area contributed by atoms with E-state index >= 15 is 0 Å². The zero-order valence-corrected chi connectivity index (χ0v) is 13.5. The molecular weight excluding hydrogens is 298 g/mol. The van der Waals surface area contributed by atoms with Gasteiger partial charge in [-0.25, -0.2) is 0 Å². The maximum absolute atomic E-state index is 12.5. The summed E-state index contributed by atoms with van der Waals surface area (Å²) < 4.78 is 7.33. The fourth-order valence-electron chi connectivity index (χ4n) is 2.64. The first-order valence-corrected chi connectivity index (χ1v) is 8.44. The molecule has 22 heavy (non-hydrogen) atoms. The Morgan fingerprint density at radius 1 is 1.36 bits per heavy atom. The van der Waals surface area contributed by atoms with Gasteiger partial charge in [0.05, 0.1) is 18.9 Å². The molecule has 3 rings (SSSR count). The summed E-state index contributed by atoms with van der Waals surface area (Å²) in [6.07, 6.45) is 3.91. The number of rotatable bonds is 5. The van der Waals surface area contributed by atoms with E-state index in [2.05, 4.69) is 17.1 Å². The highest BCUT2D eigenvalue weighted by molar-refractivity contribution is 7.12. The van der Waals surface area contributed by atoms with Gasteiger partial charge in [-0.1, -0.05) is 0 Å². The van der Waals surface area contributed by atoms with Crippen LogP contribution in [0.4, 0.5) is 0 Å². The second-order valence-corrected chi connectivity index (χ2v) is 6.35. The minimum absolute atomic E-state index is 0.00110. The lowest BCUT2D eigenvalue weighted by Gasteiger charge is -2.32. The maximum Gasteiger partial charge on any atom is 0.263 e. The van der Waals surface area contributed by atoms with E-state index in [1.54, 1.807) is 0 Å². The summed E-state index contributed by atoms with van der Waals surface area (Å²) in [5.74, 6) is -0.00110. The predicted octanol–water partition coefficient (Wildman–Crippen LogP) is 1.99. The van der Waals surface area contributed by atoms with Gasteiger partial charge in [0.15, 0.2) is 0 Å². The van der Waals surface area contributed by atoms with E-state index in [9.17, 15) is 4.79 Å². The molecule has 1 N–H and O–H groups in total. The van der Waals surface area contributed by atoms with Crippen molar-refractivity contribution >= 4 is 17.2 Å². The van der Waals surface area contributed by atoms with Crippen LogP contribution in [-0.4, -0.2) is 54.3 Å². The van der Waals surface area contributed by atoms with Crippen LogP contribution >= 0.6 is 11.3 Å². The molecule has 6 heteroatoms. The highest BCUT2D eigenvalue weighted by atomic mass is 32.1. The Morgan fingerprint density at radius 2 is 2.09 bits per heavy atom. The summed E-state index contributed by atoms with van der Waals surface area (Å²) >= 11 is 1.48. The third-order valence-corrected chi connectivity index (χ3v) is 4.86. The largest absolute Gasteiger partial charge is 0.379 e. The normalized spacial score (nSPS) is 17.3. The number of thiophene rings is 1. The average Bonchev–Trinajstić information content (AvgIpc) is 3.23. The topological polar surface area (TPSA) is 46.5 Å². The predicted molar refractivity (Wildman–Crippen MR) is 87.8 cm³/mol. The summed E-state index contributed by atoms with van der Waals surface area (Å²) in [5.41, 5.74) is 0.937. The van der Waals surface area contributed by atoms with Gasteiger partial charge < -0.3 is 14.6 Å². The van der Waals surface area contributed by atoms with Crippen molar-refractivity contribution in [3.63, 3.8) is 0 Å². The van der Waals surface area contributed by atoms with Crippen LogP contribution in [-0.2, 0) is 4.74 Å². The van der Waals surface area contributed by atoms with Crippen LogP contribution in [0.3, 0.4) is 0 Å². The van der Waals surface area contributed by atoms with Gasteiger partial charge >= 0.3 is 0 Å². The molecule has 2 aromatic rings. The number of aromatic nitrogens is 1. The zero-order valence-electron chi connectivity index (χ0n) is 12.7. The van der Waals surface area contributed by atoms with E-state index in [0.717, 1.165) is 36.9 Å². The van der Waals surface area contributed by atoms with Gasteiger partial charge in [0.25, 0.3) is 5.91 Å². The van der Waals surface area contributed by atoms with Crippen molar-refractivity contribution in [3.8, 4) is 5.69 Å². The molecule has 3 heterocycles. The first kappa shape index (κ1) is 15.3. The number of nitrogens with one attached hydrogen (secondary N) is 1. The number of hydrogen-bond donors (Lipinski definition) is 1. The van der Waals surface area contributed by atoms with E-state index in [1.165, 1.54) is 11.3 Å². The second kappa shape index (κ2) is 7.09. The lowest BCUT2D eigenvalue weighted by molar-refractivity contribution is 0.0204. The standard InChI is InChI=1S/C16H21N3O2S/c1-13(18-7-9-21-10-8-18)12-17-16(20)15-14(4-11-22-15)19-5-2-3-6-19/h2-6,11,13H,7-10,12H2,1H3,(H,17,20). The first-order chi connectivity index (χ1) is 10.8. The molecule has 1 aliphatic heterocycles. The molecule has 1 amide bonds. The molecular formula is C16H21N3O2S. The Morgan fingerprint density at radius 3 is 2.82 bits per heavy atom. The first-order valence-electron chi connectivity index (χ1n) is 7.56. The summed E-state index contributed by atoms with van der Waals surface area (Å²) in [7, 11) is 0. The molecule has 1 unspecified atom stereocenters. The van der Waals surface area contributed by atoms with E-state index in [0.29, 0.717) is 12.6 Å². The Kier molecular flexibility index (Phi) is 4.92. The number of amides is 1. The lowest BCUT2D eigenvalue weighted by Crippen LogP contribution is -2.47. The Balaban J connectivity index is 1.59. The van der Waals surface area contributed by atoms with Crippen LogP contribution in [0.25, 0.3) is 5.69 Å². The number of hydrogen-bond acceptors (Lipinski definition) is 4. The zero-order chi connectivity index (χ0) is 15.4. The number of ether oxygens (including phenoxy) is 1. The van der Waals surface area contributed by atoms with E-state index in [-0.39, 0.29) is 5.91 Å². The smallest absolute Gasteiger partial charge is 0.263 e. The molecule has 0 spiro atoms. The second-order valence-electron chi connectivity index (χ2n) is 5.43. The molecule has 5 nitrogen and oxygen atoms in total. The molecule has 1 saturated heterocycles. The van der Waals surface area contributed by atoms with Crippen molar-refractivity contribution in [2.24, 2.45) is 0 Å². The SMILES string of the molecule is CC(CNC(=O)c1sccc1-n1cccc1)N1CCOCC1. The van der Waals surface area contributed by atoms with Crippen LogP contribution in [0.2, 0.25) is 0 Å².